The second kappa shape index (κ2) is 5.82. The summed E-state index contributed by atoms with van der Waals surface area (Å²) in [4.78, 5) is 23.8. The molecule has 18 heavy (non-hydrogen) atoms. The molecule has 0 aliphatic carbocycles. The van der Waals surface area contributed by atoms with Crippen LogP contribution in [0.4, 0.5) is 0 Å². The molecule has 0 spiro atoms. The Morgan fingerprint density at radius 2 is 1.72 bits per heavy atom. The lowest BCUT2D eigenvalue weighted by molar-refractivity contribution is -0.170. The van der Waals surface area contributed by atoms with Gasteiger partial charge in [-0.15, -0.1) is 0 Å². The number of hydrogen-bond donors (Lipinski definition) is 0. The van der Waals surface area contributed by atoms with Crippen molar-refractivity contribution in [1.29, 1.82) is 0 Å². The van der Waals surface area contributed by atoms with Crippen LogP contribution in [0.1, 0.15) is 13.8 Å². The summed E-state index contributed by atoms with van der Waals surface area (Å²) in [6, 6.07) is 0. The molecule has 0 radical (unpaired) electrons. The molecular weight excluding hydrogens is 263 g/mol. The maximum absolute atomic E-state index is 12.0. The molecule has 0 N–H and O–H groups in total. The molecule has 7 nitrogen and oxygen atoms in total. The minimum Gasteiger partial charge on any atom is -0.465 e. The van der Waals surface area contributed by atoms with Gasteiger partial charge in [0, 0.05) is 7.11 Å². The van der Waals surface area contributed by atoms with E-state index in [1.807, 2.05) is 0 Å². The highest BCUT2D eigenvalue weighted by molar-refractivity contribution is 7.54. The van der Waals surface area contributed by atoms with E-state index in [9.17, 15) is 14.2 Å². The average molecular weight is 280 g/mol. The number of carbonyl (C=O) groups is 2. The fourth-order valence-electron chi connectivity index (χ4n) is 1.62. The summed E-state index contributed by atoms with van der Waals surface area (Å²) in [5.74, 6) is -1.59. The maximum atomic E-state index is 12.0. The van der Waals surface area contributed by atoms with Crippen molar-refractivity contribution < 1.29 is 32.7 Å². The van der Waals surface area contributed by atoms with E-state index in [-0.39, 0.29) is 26.0 Å². The summed E-state index contributed by atoms with van der Waals surface area (Å²) in [5.41, 5.74) is -1.68. The lowest BCUT2D eigenvalue weighted by Crippen LogP contribution is -2.44. The Labute approximate surface area is 105 Å². The average Bonchev–Trinajstić information content (AvgIpc) is 2.71. The third-order valence-electron chi connectivity index (χ3n) is 2.58. The van der Waals surface area contributed by atoms with Gasteiger partial charge in [-0.3, -0.25) is 14.2 Å². The smallest absolute Gasteiger partial charge is 0.332 e. The van der Waals surface area contributed by atoms with E-state index in [0.717, 1.165) is 0 Å². The van der Waals surface area contributed by atoms with Crippen LogP contribution in [0.15, 0.2) is 0 Å². The van der Waals surface area contributed by atoms with Crippen LogP contribution >= 0.6 is 7.60 Å². The van der Waals surface area contributed by atoms with Gasteiger partial charge in [-0.2, -0.15) is 0 Å². The molecule has 8 heteroatoms. The summed E-state index contributed by atoms with van der Waals surface area (Å²) < 4.78 is 31.3. The van der Waals surface area contributed by atoms with Gasteiger partial charge in [0.25, 0.3) is 0 Å². The first-order valence-corrected chi connectivity index (χ1v) is 7.30. The maximum Gasteiger partial charge on any atom is 0.332 e. The molecule has 0 aromatic heterocycles. The monoisotopic (exact) mass is 280 g/mol. The lowest BCUT2D eigenvalue weighted by Gasteiger charge is -2.21. The van der Waals surface area contributed by atoms with E-state index in [2.05, 4.69) is 0 Å². The summed E-state index contributed by atoms with van der Waals surface area (Å²) in [6.45, 7) is 3.09. The van der Waals surface area contributed by atoms with Crippen LogP contribution in [0.3, 0.4) is 0 Å². The van der Waals surface area contributed by atoms with Crippen LogP contribution < -0.4 is 0 Å². The first-order valence-electron chi connectivity index (χ1n) is 5.58. The van der Waals surface area contributed by atoms with Gasteiger partial charge in [0.05, 0.1) is 26.0 Å². The Morgan fingerprint density at radius 3 is 2.06 bits per heavy atom. The minimum absolute atomic E-state index is 0.108. The Balaban J connectivity index is 3.01. The molecule has 0 aromatic carbocycles. The fraction of sp³-hybridized carbons (Fsp3) is 0.800. The molecule has 1 heterocycles. The molecule has 1 rings (SSSR count). The Bertz CT molecular complexity index is 360. The zero-order valence-corrected chi connectivity index (χ0v) is 11.5. The summed E-state index contributed by atoms with van der Waals surface area (Å²) in [5, 5.41) is 0. The normalized spacial score (nSPS) is 25.7. The van der Waals surface area contributed by atoms with Gasteiger partial charge in [-0.05, 0) is 13.8 Å². The molecule has 1 aliphatic heterocycles. The second-order valence-electron chi connectivity index (χ2n) is 3.75. The van der Waals surface area contributed by atoms with Gasteiger partial charge in [0.1, 0.15) is 0 Å². The van der Waals surface area contributed by atoms with Crippen LogP contribution in [0.25, 0.3) is 0 Å². The fourth-order valence-corrected chi connectivity index (χ4v) is 3.37. The third kappa shape index (κ3) is 2.74. The zero-order valence-electron chi connectivity index (χ0n) is 10.6. The van der Waals surface area contributed by atoms with Crippen molar-refractivity contribution in [1.82, 2.24) is 0 Å². The second-order valence-corrected chi connectivity index (χ2v) is 5.91. The van der Waals surface area contributed by atoms with E-state index in [0.29, 0.717) is 0 Å². The standard InChI is InChI=1S/C10H17O7P/c1-4-15-8(11)10(9(12)16-5-2)6-17-18(13,7-10)14-3/h4-7H2,1-3H3. The van der Waals surface area contributed by atoms with Gasteiger partial charge >= 0.3 is 19.5 Å². The van der Waals surface area contributed by atoms with Crippen molar-refractivity contribution in [2.24, 2.45) is 5.41 Å². The summed E-state index contributed by atoms with van der Waals surface area (Å²) in [6.07, 6.45) is -0.353. The molecule has 0 saturated carbocycles. The van der Waals surface area contributed by atoms with Crippen molar-refractivity contribution in [3.63, 3.8) is 0 Å². The molecule has 104 valence electrons. The van der Waals surface area contributed by atoms with Gasteiger partial charge < -0.3 is 18.5 Å². The topological polar surface area (TPSA) is 88.1 Å². The van der Waals surface area contributed by atoms with E-state index in [4.69, 9.17) is 18.5 Å². The molecule has 1 atom stereocenters. The molecule has 1 saturated heterocycles. The molecule has 0 aromatic rings. The summed E-state index contributed by atoms with van der Waals surface area (Å²) >= 11 is 0. The van der Waals surface area contributed by atoms with Crippen molar-refractivity contribution >= 4 is 19.5 Å². The molecule has 0 amide bonds. The largest absolute Gasteiger partial charge is 0.465 e. The Morgan fingerprint density at radius 1 is 1.22 bits per heavy atom. The highest BCUT2D eigenvalue weighted by Crippen LogP contribution is 2.58. The SMILES string of the molecule is CCOC(=O)C1(C(=O)OCC)COP(=O)(OC)C1. The molecule has 1 fully saturated rings. The molecule has 0 bridgehead atoms. The van der Waals surface area contributed by atoms with Crippen molar-refractivity contribution in [3.05, 3.63) is 0 Å². The predicted molar refractivity (Wildman–Crippen MR) is 61.1 cm³/mol. The quantitative estimate of drug-likeness (QED) is 0.421. The number of hydrogen-bond acceptors (Lipinski definition) is 7. The lowest BCUT2D eigenvalue weighted by atomic mass is 9.92. The van der Waals surface area contributed by atoms with Crippen LogP contribution in [0.2, 0.25) is 0 Å². The number of ether oxygens (including phenoxy) is 2. The van der Waals surface area contributed by atoms with Gasteiger partial charge in [0.15, 0.2) is 5.41 Å². The predicted octanol–water partition coefficient (Wildman–Crippen LogP) is 0.969. The van der Waals surface area contributed by atoms with Gasteiger partial charge in [-0.1, -0.05) is 0 Å². The van der Waals surface area contributed by atoms with Crippen LogP contribution in [-0.4, -0.2) is 45.0 Å². The van der Waals surface area contributed by atoms with Crippen LogP contribution in [-0.2, 0) is 32.7 Å². The van der Waals surface area contributed by atoms with Crippen molar-refractivity contribution in [2.45, 2.75) is 13.8 Å². The van der Waals surface area contributed by atoms with E-state index in [1.165, 1.54) is 7.11 Å². The minimum atomic E-state index is -3.43. The van der Waals surface area contributed by atoms with Crippen molar-refractivity contribution in [3.8, 4) is 0 Å². The highest BCUT2D eigenvalue weighted by Gasteiger charge is 2.60. The first-order chi connectivity index (χ1) is 8.44. The van der Waals surface area contributed by atoms with Gasteiger partial charge in [-0.25, -0.2) is 0 Å². The van der Waals surface area contributed by atoms with Crippen molar-refractivity contribution in [2.75, 3.05) is 33.1 Å². The van der Waals surface area contributed by atoms with E-state index in [1.54, 1.807) is 13.8 Å². The number of esters is 2. The summed E-state index contributed by atoms with van der Waals surface area (Å²) in [7, 11) is -2.23. The Kier molecular flexibility index (Phi) is 4.90. The highest BCUT2D eigenvalue weighted by atomic mass is 31.2. The molecule has 1 aliphatic rings. The van der Waals surface area contributed by atoms with Crippen LogP contribution in [0, 0.1) is 5.41 Å². The third-order valence-corrected chi connectivity index (χ3v) is 4.59. The van der Waals surface area contributed by atoms with Gasteiger partial charge in [0.2, 0.25) is 0 Å². The number of carbonyl (C=O) groups excluding carboxylic acids is 2. The Hall–Kier alpha value is -0.910. The molecular formula is C10H17O7P. The van der Waals surface area contributed by atoms with E-state index < -0.39 is 24.9 Å². The van der Waals surface area contributed by atoms with Crippen LogP contribution in [0.5, 0.6) is 0 Å². The number of rotatable bonds is 5. The first kappa shape index (κ1) is 15.1. The zero-order chi connectivity index (χ0) is 13.8. The van der Waals surface area contributed by atoms with E-state index >= 15 is 0 Å². The molecule has 1 unspecified atom stereocenters.